The van der Waals surface area contributed by atoms with Crippen molar-refractivity contribution in [2.75, 3.05) is 6.61 Å². The molecule has 2 unspecified atom stereocenters. The zero-order chi connectivity index (χ0) is 13.6. The molecule has 0 spiro atoms. The number of aliphatic hydroxyl groups is 3. The van der Waals surface area contributed by atoms with Gasteiger partial charge in [-0.15, -0.1) is 0 Å². The zero-order valence-corrected chi connectivity index (χ0v) is 10.5. The number of hydrogen-bond acceptors (Lipinski definition) is 6. The molecule has 19 heavy (non-hydrogen) atoms. The third kappa shape index (κ3) is 1.90. The molecule has 0 bridgehead atoms. The highest BCUT2D eigenvalue weighted by Gasteiger charge is 2.43. The molecule has 3 heterocycles. The van der Waals surface area contributed by atoms with E-state index in [0.717, 1.165) is 0 Å². The van der Waals surface area contributed by atoms with Gasteiger partial charge in [0.25, 0.3) is 0 Å². The lowest BCUT2D eigenvalue weighted by Crippen LogP contribution is -2.33. The molecule has 1 fully saturated rings. The summed E-state index contributed by atoms with van der Waals surface area (Å²) in [4.78, 5) is 7.95. The van der Waals surface area contributed by atoms with Crippen LogP contribution in [0.25, 0.3) is 11.0 Å². The van der Waals surface area contributed by atoms with Crippen LogP contribution in [0, 0.1) is 0 Å². The molecule has 0 aromatic carbocycles. The molecule has 1 aliphatic heterocycles. The summed E-state index contributed by atoms with van der Waals surface area (Å²) in [5.41, 5.74) is 0.495. The van der Waals surface area contributed by atoms with Crippen molar-refractivity contribution in [3.05, 3.63) is 23.7 Å². The van der Waals surface area contributed by atoms with Crippen molar-refractivity contribution in [3.63, 3.8) is 0 Å². The molecule has 7 nitrogen and oxygen atoms in total. The van der Waals surface area contributed by atoms with Gasteiger partial charge in [-0.1, -0.05) is 11.6 Å². The van der Waals surface area contributed by atoms with Gasteiger partial charge in [-0.05, 0) is 6.07 Å². The van der Waals surface area contributed by atoms with Crippen LogP contribution in [0.1, 0.15) is 6.23 Å². The number of hydrogen-bond donors (Lipinski definition) is 3. The van der Waals surface area contributed by atoms with Gasteiger partial charge in [0.05, 0.1) is 12.0 Å². The van der Waals surface area contributed by atoms with E-state index >= 15 is 0 Å². The topological polar surface area (TPSA) is 101 Å². The fourth-order valence-electron chi connectivity index (χ4n) is 2.26. The molecule has 1 aliphatic rings. The minimum Gasteiger partial charge on any atom is -0.394 e. The predicted octanol–water partition coefficient (Wildman–Crippen LogP) is -0.304. The van der Waals surface area contributed by atoms with Crippen molar-refractivity contribution < 1.29 is 20.1 Å². The molecular weight excluding hydrogens is 274 g/mol. The molecule has 2 aromatic heterocycles. The Morgan fingerprint density at radius 3 is 2.79 bits per heavy atom. The molecule has 0 amide bonds. The van der Waals surface area contributed by atoms with Gasteiger partial charge in [0.1, 0.15) is 35.4 Å². The molecule has 102 valence electrons. The predicted molar refractivity (Wildman–Crippen MR) is 65.5 cm³/mol. The molecule has 0 aliphatic carbocycles. The quantitative estimate of drug-likeness (QED) is 0.655. The normalized spacial score (nSPS) is 31.2. The van der Waals surface area contributed by atoms with E-state index in [1.165, 1.54) is 6.33 Å². The summed E-state index contributed by atoms with van der Waals surface area (Å²) in [5, 5.41) is 29.7. The molecule has 4 atom stereocenters. The molecule has 3 rings (SSSR count). The largest absolute Gasteiger partial charge is 0.394 e. The minimum absolute atomic E-state index is 0.301. The van der Waals surface area contributed by atoms with Gasteiger partial charge in [0.2, 0.25) is 0 Å². The lowest BCUT2D eigenvalue weighted by molar-refractivity contribution is -0.0508. The maximum absolute atomic E-state index is 9.98. The van der Waals surface area contributed by atoms with E-state index in [4.69, 9.17) is 21.4 Å². The molecule has 0 radical (unpaired) electrons. The van der Waals surface area contributed by atoms with E-state index in [9.17, 15) is 10.2 Å². The second-order valence-electron chi connectivity index (χ2n) is 4.35. The highest BCUT2D eigenvalue weighted by Crippen LogP contribution is 2.32. The van der Waals surface area contributed by atoms with Crippen LogP contribution >= 0.6 is 11.6 Å². The second-order valence-corrected chi connectivity index (χ2v) is 4.71. The second kappa shape index (κ2) is 4.69. The van der Waals surface area contributed by atoms with Crippen molar-refractivity contribution >= 4 is 22.6 Å². The van der Waals surface area contributed by atoms with Crippen molar-refractivity contribution in [3.8, 4) is 0 Å². The van der Waals surface area contributed by atoms with E-state index < -0.39 is 24.5 Å². The Labute approximate surface area is 113 Å². The molecule has 8 heteroatoms. The molecule has 1 saturated heterocycles. The summed E-state index contributed by atoms with van der Waals surface area (Å²) >= 11 is 5.94. The number of aromatic nitrogens is 3. The third-order valence-corrected chi connectivity index (χ3v) is 3.55. The average Bonchev–Trinajstić information content (AvgIpc) is 2.94. The number of fused-ring (bicyclic) bond motifs is 1. The van der Waals surface area contributed by atoms with Gasteiger partial charge < -0.3 is 24.6 Å². The first-order valence-electron chi connectivity index (χ1n) is 5.73. The van der Waals surface area contributed by atoms with Crippen LogP contribution < -0.4 is 0 Å². The highest BCUT2D eigenvalue weighted by atomic mass is 35.5. The number of nitrogens with zero attached hydrogens (tertiary/aromatic N) is 3. The fourth-order valence-corrected chi connectivity index (χ4v) is 2.45. The monoisotopic (exact) mass is 285 g/mol. The summed E-state index contributed by atoms with van der Waals surface area (Å²) < 4.78 is 7.00. The SMILES string of the molecule is OC[C@H]1O[C@@H](n2ccc3c(Cl)ncnc32)C(O)C1O. The van der Waals surface area contributed by atoms with Gasteiger partial charge in [0, 0.05) is 6.20 Å². The van der Waals surface area contributed by atoms with E-state index in [1.807, 2.05) is 0 Å². The van der Waals surface area contributed by atoms with Crippen molar-refractivity contribution in [2.45, 2.75) is 24.5 Å². The minimum atomic E-state index is -1.15. The van der Waals surface area contributed by atoms with E-state index in [1.54, 1.807) is 16.8 Å². The molecular formula is C11H12ClN3O4. The Kier molecular flexibility index (Phi) is 3.15. The first-order chi connectivity index (χ1) is 9.13. The van der Waals surface area contributed by atoms with Gasteiger partial charge in [-0.2, -0.15) is 0 Å². The third-order valence-electron chi connectivity index (χ3n) is 3.25. The number of aliphatic hydroxyl groups excluding tert-OH is 3. The highest BCUT2D eigenvalue weighted by molar-refractivity contribution is 6.33. The van der Waals surface area contributed by atoms with Gasteiger partial charge >= 0.3 is 0 Å². The van der Waals surface area contributed by atoms with Crippen LogP contribution in [-0.2, 0) is 4.74 Å². The Bertz CT molecular complexity index is 605. The standard InChI is InChI=1S/C11H12ClN3O4/c12-9-5-1-2-15(10(5)14-4-13-9)11-8(18)7(17)6(3-16)19-11/h1-2,4,6-8,11,16-18H,3H2/t6-,7?,8?,11-/m1/s1. The Balaban J connectivity index is 2.04. The molecule has 2 aromatic rings. The van der Waals surface area contributed by atoms with Crippen molar-refractivity contribution in [2.24, 2.45) is 0 Å². The maximum atomic E-state index is 9.98. The fraction of sp³-hybridized carbons (Fsp3) is 0.455. The van der Waals surface area contributed by atoms with Crippen LogP contribution in [0.2, 0.25) is 5.15 Å². The summed E-state index contributed by atoms with van der Waals surface area (Å²) in [6.07, 6.45) is -0.995. The Morgan fingerprint density at radius 1 is 1.32 bits per heavy atom. The first-order valence-corrected chi connectivity index (χ1v) is 6.10. The van der Waals surface area contributed by atoms with Crippen molar-refractivity contribution in [1.82, 2.24) is 14.5 Å². The van der Waals surface area contributed by atoms with Gasteiger partial charge in [-0.3, -0.25) is 0 Å². The summed E-state index contributed by atoms with van der Waals surface area (Å²) in [6.45, 7) is -0.371. The number of rotatable bonds is 2. The van der Waals surface area contributed by atoms with Crippen LogP contribution in [0.3, 0.4) is 0 Å². The molecule has 3 N–H and O–H groups in total. The van der Waals surface area contributed by atoms with Gasteiger partial charge in [0.15, 0.2) is 6.23 Å². The van der Waals surface area contributed by atoms with Crippen LogP contribution in [0.4, 0.5) is 0 Å². The Hall–Kier alpha value is -1.25. The van der Waals surface area contributed by atoms with Crippen molar-refractivity contribution in [1.29, 1.82) is 0 Å². The van der Waals surface area contributed by atoms with Crippen LogP contribution in [0.15, 0.2) is 18.6 Å². The Morgan fingerprint density at radius 2 is 2.11 bits per heavy atom. The zero-order valence-electron chi connectivity index (χ0n) is 9.72. The maximum Gasteiger partial charge on any atom is 0.164 e. The van der Waals surface area contributed by atoms with Crippen LogP contribution in [0.5, 0.6) is 0 Å². The lowest BCUT2D eigenvalue weighted by Gasteiger charge is -2.17. The van der Waals surface area contributed by atoms with Gasteiger partial charge in [-0.25, -0.2) is 9.97 Å². The number of halogens is 1. The number of ether oxygens (including phenoxy) is 1. The lowest BCUT2D eigenvalue weighted by atomic mass is 10.1. The summed E-state index contributed by atoms with van der Waals surface area (Å²) in [7, 11) is 0. The van der Waals surface area contributed by atoms with E-state index in [2.05, 4.69) is 9.97 Å². The smallest absolute Gasteiger partial charge is 0.164 e. The van der Waals surface area contributed by atoms with E-state index in [-0.39, 0.29) is 6.61 Å². The van der Waals surface area contributed by atoms with Crippen LogP contribution in [-0.4, -0.2) is 54.8 Å². The average molecular weight is 286 g/mol. The summed E-state index contributed by atoms with van der Waals surface area (Å²) in [5.74, 6) is 0. The van der Waals surface area contributed by atoms with E-state index in [0.29, 0.717) is 16.2 Å². The first kappa shape index (κ1) is 12.8. The summed E-state index contributed by atoms with van der Waals surface area (Å²) in [6, 6.07) is 1.70. The molecule has 0 saturated carbocycles.